The summed E-state index contributed by atoms with van der Waals surface area (Å²) in [6.07, 6.45) is -0.125. The summed E-state index contributed by atoms with van der Waals surface area (Å²) < 4.78 is 40.3. The van der Waals surface area contributed by atoms with Crippen LogP contribution in [-0.4, -0.2) is 37.9 Å². The van der Waals surface area contributed by atoms with Crippen molar-refractivity contribution in [2.45, 2.75) is 44.6 Å². The summed E-state index contributed by atoms with van der Waals surface area (Å²) in [5.74, 6) is -0.541. The van der Waals surface area contributed by atoms with Crippen LogP contribution >= 0.6 is 0 Å². The number of halogens is 3. The van der Waals surface area contributed by atoms with E-state index < -0.39 is 29.8 Å². The number of aliphatic hydroxyl groups excluding tert-OH is 1. The van der Waals surface area contributed by atoms with Crippen LogP contribution in [0.2, 0.25) is 0 Å². The summed E-state index contributed by atoms with van der Waals surface area (Å²) in [4.78, 5) is 16.1. The molecule has 2 N–H and O–H groups in total. The van der Waals surface area contributed by atoms with Crippen LogP contribution in [0.15, 0.2) is 30.7 Å². The molecule has 1 saturated carbocycles. The summed E-state index contributed by atoms with van der Waals surface area (Å²) >= 11 is 0. The highest BCUT2D eigenvalue weighted by molar-refractivity contribution is 5.95. The number of pyridine rings is 1. The quantitative estimate of drug-likeness (QED) is 0.867. The van der Waals surface area contributed by atoms with E-state index in [0.29, 0.717) is 25.6 Å². The molecule has 0 aromatic carbocycles. The summed E-state index contributed by atoms with van der Waals surface area (Å²) in [5, 5.41) is 17.0. The molecule has 1 amide bonds. The van der Waals surface area contributed by atoms with Crippen molar-refractivity contribution in [3.05, 3.63) is 47.5 Å². The fourth-order valence-electron chi connectivity index (χ4n) is 3.26. The van der Waals surface area contributed by atoms with Crippen molar-refractivity contribution in [2.24, 2.45) is 5.92 Å². The highest BCUT2D eigenvalue weighted by Gasteiger charge is 2.36. The molecule has 1 fully saturated rings. The Labute approximate surface area is 148 Å². The summed E-state index contributed by atoms with van der Waals surface area (Å²) in [6, 6.07) is 2.07. The molecule has 1 aliphatic carbocycles. The second-order valence-corrected chi connectivity index (χ2v) is 6.57. The standard InChI is InChI=1S/C17H19F3N4O2/c1-10-13(7-12(8-21-10)17(18,19)20)16(26)23-14-5-11(6-15(14)25)9-24-4-2-3-22-24/h2-4,7-8,11,14-15,25H,5-6,9H2,1H3,(H,23,26)/t11?,14-,15-/m1/s1. The van der Waals surface area contributed by atoms with Gasteiger partial charge in [-0.05, 0) is 37.8 Å². The number of carbonyl (C=O) groups excluding carboxylic acids is 1. The Hall–Kier alpha value is -2.42. The molecule has 6 nitrogen and oxygen atoms in total. The highest BCUT2D eigenvalue weighted by atomic mass is 19.4. The zero-order valence-corrected chi connectivity index (χ0v) is 14.1. The molecule has 2 aromatic heterocycles. The highest BCUT2D eigenvalue weighted by Crippen LogP contribution is 2.30. The van der Waals surface area contributed by atoms with Crippen LogP contribution in [0.5, 0.6) is 0 Å². The Morgan fingerprint density at radius 2 is 2.19 bits per heavy atom. The Bertz CT molecular complexity index is 777. The fraction of sp³-hybridized carbons (Fsp3) is 0.471. The zero-order valence-electron chi connectivity index (χ0n) is 14.1. The van der Waals surface area contributed by atoms with Gasteiger partial charge < -0.3 is 10.4 Å². The lowest BCUT2D eigenvalue weighted by molar-refractivity contribution is -0.137. The van der Waals surface area contributed by atoms with Gasteiger partial charge in [0.15, 0.2) is 0 Å². The maximum Gasteiger partial charge on any atom is 0.417 e. The number of alkyl halides is 3. The van der Waals surface area contributed by atoms with Gasteiger partial charge in [-0.15, -0.1) is 0 Å². The van der Waals surface area contributed by atoms with Crippen molar-refractivity contribution in [2.75, 3.05) is 0 Å². The molecule has 3 atom stereocenters. The predicted molar refractivity (Wildman–Crippen MR) is 86.2 cm³/mol. The number of aliphatic hydroxyl groups is 1. The third kappa shape index (κ3) is 4.04. The third-order valence-corrected chi connectivity index (χ3v) is 4.61. The number of carbonyl (C=O) groups is 1. The topological polar surface area (TPSA) is 80.0 Å². The number of hydrogen-bond acceptors (Lipinski definition) is 4. The van der Waals surface area contributed by atoms with Crippen LogP contribution in [-0.2, 0) is 12.7 Å². The molecule has 9 heteroatoms. The molecular weight excluding hydrogens is 349 g/mol. The van der Waals surface area contributed by atoms with Gasteiger partial charge in [-0.3, -0.25) is 14.5 Å². The predicted octanol–water partition coefficient (Wildman–Crippen LogP) is 2.17. The molecule has 140 valence electrons. The van der Waals surface area contributed by atoms with Gasteiger partial charge in [0.2, 0.25) is 0 Å². The van der Waals surface area contributed by atoms with Gasteiger partial charge in [0.05, 0.1) is 23.3 Å². The number of aromatic nitrogens is 3. The van der Waals surface area contributed by atoms with Gasteiger partial charge in [-0.25, -0.2) is 0 Å². The molecule has 2 heterocycles. The van der Waals surface area contributed by atoms with Crippen molar-refractivity contribution in [1.82, 2.24) is 20.1 Å². The SMILES string of the molecule is Cc1ncc(C(F)(F)F)cc1C(=O)N[C@@H]1CC(Cn2cccn2)C[C@H]1O. The van der Waals surface area contributed by atoms with Crippen LogP contribution in [0.4, 0.5) is 13.2 Å². The van der Waals surface area contributed by atoms with Gasteiger partial charge in [-0.1, -0.05) is 0 Å². The summed E-state index contributed by atoms with van der Waals surface area (Å²) in [7, 11) is 0. The van der Waals surface area contributed by atoms with Crippen molar-refractivity contribution in [3.8, 4) is 0 Å². The molecule has 3 rings (SSSR count). The van der Waals surface area contributed by atoms with Crippen LogP contribution in [0, 0.1) is 12.8 Å². The van der Waals surface area contributed by atoms with E-state index in [1.807, 2.05) is 6.20 Å². The molecule has 1 aliphatic rings. The lowest BCUT2D eigenvalue weighted by atomic mass is 10.1. The number of nitrogens with zero attached hydrogens (tertiary/aromatic N) is 3. The van der Waals surface area contributed by atoms with Gasteiger partial charge in [0.25, 0.3) is 5.91 Å². The van der Waals surface area contributed by atoms with Crippen LogP contribution in [0.25, 0.3) is 0 Å². The van der Waals surface area contributed by atoms with E-state index in [9.17, 15) is 23.1 Å². The Morgan fingerprint density at radius 3 is 2.85 bits per heavy atom. The van der Waals surface area contributed by atoms with Gasteiger partial charge in [0, 0.05) is 30.8 Å². The first-order valence-corrected chi connectivity index (χ1v) is 8.24. The number of rotatable bonds is 4. The molecule has 0 spiro atoms. The van der Waals surface area contributed by atoms with E-state index in [1.54, 1.807) is 16.9 Å². The molecule has 0 bridgehead atoms. The Kier molecular flexibility index (Phi) is 4.99. The van der Waals surface area contributed by atoms with Crippen molar-refractivity contribution >= 4 is 5.91 Å². The fourth-order valence-corrected chi connectivity index (χ4v) is 3.26. The lowest BCUT2D eigenvalue weighted by Crippen LogP contribution is -2.40. The second kappa shape index (κ2) is 7.06. The first-order valence-electron chi connectivity index (χ1n) is 8.24. The molecule has 26 heavy (non-hydrogen) atoms. The van der Waals surface area contributed by atoms with Crippen molar-refractivity contribution < 1.29 is 23.1 Å². The summed E-state index contributed by atoms with van der Waals surface area (Å²) in [6.45, 7) is 2.08. The first kappa shape index (κ1) is 18.4. The minimum atomic E-state index is -4.57. The third-order valence-electron chi connectivity index (χ3n) is 4.61. The second-order valence-electron chi connectivity index (χ2n) is 6.57. The Morgan fingerprint density at radius 1 is 1.42 bits per heavy atom. The van der Waals surface area contributed by atoms with Gasteiger partial charge in [-0.2, -0.15) is 18.3 Å². The molecule has 1 unspecified atom stereocenters. The lowest BCUT2D eigenvalue weighted by Gasteiger charge is -2.18. The van der Waals surface area contributed by atoms with Crippen molar-refractivity contribution in [1.29, 1.82) is 0 Å². The largest absolute Gasteiger partial charge is 0.417 e. The molecule has 2 aromatic rings. The van der Waals surface area contributed by atoms with E-state index in [0.717, 1.165) is 6.07 Å². The number of aryl methyl sites for hydroxylation is 1. The van der Waals surface area contributed by atoms with E-state index in [-0.39, 0.29) is 17.2 Å². The molecule has 0 aliphatic heterocycles. The maximum atomic E-state index is 12.8. The van der Waals surface area contributed by atoms with E-state index in [1.165, 1.54) is 6.92 Å². The monoisotopic (exact) mass is 368 g/mol. The minimum absolute atomic E-state index is 0.121. The van der Waals surface area contributed by atoms with E-state index in [4.69, 9.17) is 0 Å². The van der Waals surface area contributed by atoms with Gasteiger partial charge >= 0.3 is 6.18 Å². The average molecular weight is 368 g/mol. The Balaban J connectivity index is 1.68. The maximum absolute atomic E-state index is 12.8. The molecule has 0 saturated heterocycles. The van der Waals surface area contributed by atoms with Crippen LogP contribution < -0.4 is 5.32 Å². The average Bonchev–Trinajstić information content (AvgIpc) is 3.17. The summed E-state index contributed by atoms with van der Waals surface area (Å²) in [5.41, 5.74) is -0.907. The number of amides is 1. The van der Waals surface area contributed by atoms with Crippen LogP contribution in [0.1, 0.15) is 34.5 Å². The zero-order chi connectivity index (χ0) is 18.9. The van der Waals surface area contributed by atoms with Gasteiger partial charge in [0.1, 0.15) is 0 Å². The van der Waals surface area contributed by atoms with E-state index >= 15 is 0 Å². The van der Waals surface area contributed by atoms with Crippen LogP contribution in [0.3, 0.4) is 0 Å². The number of hydrogen-bond donors (Lipinski definition) is 2. The smallest absolute Gasteiger partial charge is 0.391 e. The molecule has 0 radical (unpaired) electrons. The number of nitrogens with one attached hydrogen (secondary N) is 1. The van der Waals surface area contributed by atoms with Crippen molar-refractivity contribution in [3.63, 3.8) is 0 Å². The normalized spacial score (nSPS) is 23.2. The first-order chi connectivity index (χ1) is 12.2. The molecular formula is C17H19F3N4O2. The van der Waals surface area contributed by atoms with E-state index in [2.05, 4.69) is 15.4 Å². The minimum Gasteiger partial charge on any atom is -0.391 e.